The Morgan fingerprint density at radius 3 is 2.46 bits per heavy atom. The zero-order valence-electron chi connectivity index (χ0n) is 8.41. The van der Waals surface area contributed by atoms with Gasteiger partial charge in [-0.05, 0) is 26.7 Å². The maximum absolute atomic E-state index is 6.14. The molecule has 2 rings (SSSR count). The summed E-state index contributed by atoms with van der Waals surface area (Å²) >= 11 is 0. The van der Waals surface area contributed by atoms with E-state index in [1.807, 2.05) is 13.2 Å². The van der Waals surface area contributed by atoms with Crippen LogP contribution >= 0.6 is 0 Å². The van der Waals surface area contributed by atoms with Crippen molar-refractivity contribution in [3.63, 3.8) is 0 Å². The minimum Gasteiger partial charge on any atom is -0.325 e. The van der Waals surface area contributed by atoms with E-state index in [0.29, 0.717) is 0 Å². The van der Waals surface area contributed by atoms with Gasteiger partial charge >= 0.3 is 0 Å². The second kappa shape index (κ2) is 2.32. The number of rotatable bonds is 2. The molecule has 2 N–H and O–H groups in total. The van der Waals surface area contributed by atoms with Crippen molar-refractivity contribution in [1.82, 2.24) is 15.0 Å². The molecule has 1 aliphatic carbocycles. The van der Waals surface area contributed by atoms with Gasteiger partial charge in [0, 0.05) is 24.2 Å². The third-order valence-corrected chi connectivity index (χ3v) is 3.08. The summed E-state index contributed by atoms with van der Waals surface area (Å²) < 4.78 is 1.74. The number of hydrogen-bond acceptors (Lipinski definition) is 3. The SMILES string of the molecule is Cn1cc(C2(C(C)(C)N)CC2)nn1. The molecule has 0 aromatic carbocycles. The Balaban J connectivity index is 2.36. The Morgan fingerprint density at radius 2 is 2.15 bits per heavy atom. The van der Waals surface area contributed by atoms with Crippen LogP contribution in [0.1, 0.15) is 32.4 Å². The molecule has 1 aromatic rings. The molecule has 72 valence electrons. The van der Waals surface area contributed by atoms with Gasteiger partial charge in [-0.2, -0.15) is 0 Å². The molecule has 0 radical (unpaired) electrons. The van der Waals surface area contributed by atoms with Crippen molar-refractivity contribution in [3.8, 4) is 0 Å². The Morgan fingerprint density at radius 1 is 1.54 bits per heavy atom. The molecule has 4 heteroatoms. The van der Waals surface area contributed by atoms with Crippen molar-refractivity contribution in [1.29, 1.82) is 0 Å². The molecule has 0 saturated heterocycles. The van der Waals surface area contributed by atoms with Crippen molar-refractivity contribution in [2.45, 2.75) is 37.6 Å². The monoisotopic (exact) mass is 180 g/mol. The first-order valence-electron chi connectivity index (χ1n) is 4.61. The Labute approximate surface area is 78.1 Å². The van der Waals surface area contributed by atoms with Gasteiger partial charge in [-0.15, -0.1) is 5.10 Å². The van der Waals surface area contributed by atoms with Gasteiger partial charge in [-0.3, -0.25) is 4.68 Å². The first-order chi connectivity index (χ1) is 5.96. The molecule has 4 nitrogen and oxygen atoms in total. The fourth-order valence-corrected chi connectivity index (χ4v) is 1.92. The van der Waals surface area contributed by atoms with E-state index in [1.54, 1.807) is 4.68 Å². The van der Waals surface area contributed by atoms with Gasteiger partial charge in [-0.1, -0.05) is 5.21 Å². The smallest absolute Gasteiger partial charge is 0.0906 e. The molecular weight excluding hydrogens is 164 g/mol. The quantitative estimate of drug-likeness (QED) is 0.724. The molecule has 0 spiro atoms. The number of hydrogen-bond donors (Lipinski definition) is 1. The van der Waals surface area contributed by atoms with Gasteiger partial charge in [0.05, 0.1) is 5.69 Å². The van der Waals surface area contributed by atoms with E-state index in [-0.39, 0.29) is 11.0 Å². The average molecular weight is 180 g/mol. The number of aryl methyl sites for hydroxylation is 1. The Hall–Kier alpha value is -0.900. The number of nitrogens with zero attached hydrogens (tertiary/aromatic N) is 3. The van der Waals surface area contributed by atoms with Crippen LogP contribution in [-0.2, 0) is 12.5 Å². The Kier molecular flexibility index (Phi) is 1.55. The second-order valence-corrected chi connectivity index (χ2v) is 4.58. The maximum Gasteiger partial charge on any atom is 0.0906 e. The molecule has 1 heterocycles. The molecule has 0 atom stereocenters. The zero-order valence-corrected chi connectivity index (χ0v) is 8.41. The van der Waals surface area contributed by atoms with Gasteiger partial charge < -0.3 is 5.73 Å². The normalized spacial score (nSPS) is 20.3. The van der Waals surface area contributed by atoms with E-state index in [4.69, 9.17) is 5.73 Å². The summed E-state index contributed by atoms with van der Waals surface area (Å²) in [4.78, 5) is 0. The van der Waals surface area contributed by atoms with Crippen LogP contribution in [0.4, 0.5) is 0 Å². The minimum atomic E-state index is -0.191. The highest BCUT2D eigenvalue weighted by Gasteiger charge is 2.55. The van der Waals surface area contributed by atoms with E-state index in [0.717, 1.165) is 18.5 Å². The van der Waals surface area contributed by atoms with Crippen molar-refractivity contribution < 1.29 is 0 Å². The van der Waals surface area contributed by atoms with Crippen molar-refractivity contribution in [2.75, 3.05) is 0 Å². The summed E-state index contributed by atoms with van der Waals surface area (Å²) in [6, 6.07) is 0. The molecule has 0 bridgehead atoms. The maximum atomic E-state index is 6.14. The number of aromatic nitrogens is 3. The lowest BCUT2D eigenvalue weighted by Gasteiger charge is -2.28. The molecule has 1 saturated carbocycles. The van der Waals surface area contributed by atoms with E-state index >= 15 is 0 Å². The van der Waals surface area contributed by atoms with Crippen LogP contribution in [0.5, 0.6) is 0 Å². The largest absolute Gasteiger partial charge is 0.325 e. The van der Waals surface area contributed by atoms with E-state index in [1.165, 1.54) is 0 Å². The third kappa shape index (κ3) is 1.16. The molecule has 1 fully saturated rings. The lowest BCUT2D eigenvalue weighted by Crippen LogP contribution is -2.45. The average Bonchev–Trinajstić information content (AvgIpc) is 2.70. The van der Waals surface area contributed by atoms with Crippen LogP contribution in [0.3, 0.4) is 0 Å². The summed E-state index contributed by atoms with van der Waals surface area (Å²) in [7, 11) is 1.89. The van der Waals surface area contributed by atoms with Crippen molar-refractivity contribution in [2.24, 2.45) is 12.8 Å². The van der Waals surface area contributed by atoms with Gasteiger partial charge in [-0.25, -0.2) is 0 Å². The summed E-state index contributed by atoms with van der Waals surface area (Å²) in [6.45, 7) is 4.13. The van der Waals surface area contributed by atoms with E-state index in [2.05, 4.69) is 24.2 Å². The molecule has 0 aliphatic heterocycles. The highest BCUT2D eigenvalue weighted by atomic mass is 15.4. The van der Waals surface area contributed by atoms with Gasteiger partial charge in [0.25, 0.3) is 0 Å². The summed E-state index contributed by atoms with van der Waals surface area (Å²) in [5.41, 5.74) is 7.08. The Bertz CT molecular complexity index is 317. The minimum absolute atomic E-state index is 0.0846. The van der Waals surface area contributed by atoms with Gasteiger partial charge in [0.15, 0.2) is 0 Å². The first-order valence-corrected chi connectivity index (χ1v) is 4.61. The summed E-state index contributed by atoms with van der Waals surface area (Å²) in [6.07, 6.45) is 4.24. The summed E-state index contributed by atoms with van der Waals surface area (Å²) in [5, 5.41) is 8.10. The van der Waals surface area contributed by atoms with Crippen LogP contribution < -0.4 is 5.73 Å². The third-order valence-electron chi connectivity index (χ3n) is 3.08. The van der Waals surface area contributed by atoms with Crippen LogP contribution in [-0.4, -0.2) is 20.5 Å². The van der Waals surface area contributed by atoms with E-state index in [9.17, 15) is 0 Å². The van der Waals surface area contributed by atoms with Gasteiger partial charge in [0.2, 0.25) is 0 Å². The molecule has 0 unspecified atom stereocenters. The van der Waals surface area contributed by atoms with Crippen LogP contribution in [0.15, 0.2) is 6.20 Å². The van der Waals surface area contributed by atoms with Gasteiger partial charge in [0.1, 0.15) is 0 Å². The molecule has 1 aromatic heterocycles. The number of nitrogens with two attached hydrogens (primary N) is 1. The first kappa shape index (κ1) is 8.69. The molecular formula is C9H16N4. The fourth-order valence-electron chi connectivity index (χ4n) is 1.92. The highest BCUT2D eigenvalue weighted by molar-refractivity contribution is 5.28. The predicted octanol–water partition coefficient (Wildman–Crippen LogP) is 0.584. The van der Waals surface area contributed by atoms with E-state index < -0.39 is 0 Å². The molecule has 0 amide bonds. The second-order valence-electron chi connectivity index (χ2n) is 4.58. The predicted molar refractivity (Wildman–Crippen MR) is 50.2 cm³/mol. The molecule has 13 heavy (non-hydrogen) atoms. The fraction of sp³-hybridized carbons (Fsp3) is 0.778. The van der Waals surface area contributed by atoms with Crippen LogP contribution in [0.25, 0.3) is 0 Å². The summed E-state index contributed by atoms with van der Waals surface area (Å²) in [5.74, 6) is 0. The van der Waals surface area contributed by atoms with Crippen molar-refractivity contribution in [3.05, 3.63) is 11.9 Å². The standard InChI is InChI=1S/C9H16N4/c1-8(2,10)9(4-5-9)7-6-13(3)12-11-7/h6H,4-5,10H2,1-3H3. The van der Waals surface area contributed by atoms with Crippen molar-refractivity contribution >= 4 is 0 Å². The topological polar surface area (TPSA) is 56.7 Å². The lowest BCUT2D eigenvalue weighted by atomic mass is 9.83. The van der Waals surface area contributed by atoms with Crippen LogP contribution in [0.2, 0.25) is 0 Å². The molecule has 1 aliphatic rings. The lowest BCUT2D eigenvalue weighted by molar-refractivity contribution is 0.383. The highest BCUT2D eigenvalue weighted by Crippen LogP contribution is 2.53. The zero-order chi connectivity index (χ0) is 9.69. The van der Waals surface area contributed by atoms with Crippen LogP contribution in [0, 0.1) is 0 Å².